The topological polar surface area (TPSA) is 54.2 Å². The Morgan fingerprint density at radius 1 is 1.26 bits per heavy atom. The molecule has 0 aliphatic carbocycles. The van der Waals surface area contributed by atoms with Crippen molar-refractivity contribution in [2.24, 2.45) is 4.99 Å². The average Bonchev–Trinajstić information content (AvgIpc) is 2.84. The number of nitrogens with zero attached hydrogens (tertiary/aromatic N) is 3. The molecule has 0 spiro atoms. The van der Waals surface area contributed by atoms with Crippen molar-refractivity contribution < 1.29 is 0 Å². The molecule has 0 aliphatic rings. The Morgan fingerprint density at radius 2 is 2.04 bits per heavy atom. The SMILES string of the molecule is CCCCCCC(C)NC(=NC)NCCCn1nc(C)cc1C. The van der Waals surface area contributed by atoms with E-state index < -0.39 is 0 Å². The Bertz CT molecular complexity index is 464. The highest BCUT2D eigenvalue weighted by Gasteiger charge is 2.05. The monoisotopic (exact) mass is 321 g/mol. The third kappa shape index (κ3) is 8.05. The van der Waals surface area contributed by atoms with Gasteiger partial charge in [0.05, 0.1) is 5.69 Å². The second-order valence-corrected chi connectivity index (χ2v) is 6.40. The summed E-state index contributed by atoms with van der Waals surface area (Å²) in [6.45, 7) is 10.5. The zero-order chi connectivity index (χ0) is 17.1. The van der Waals surface area contributed by atoms with E-state index in [9.17, 15) is 0 Å². The van der Waals surface area contributed by atoms with Gasteiger partial charge in [0.15, 0.2) is 5.96 Å². The van der Waals surface area contributed by atoms with E-state index in [1.54, 1.807) is 0 Å². The fourth-order valence-electron chi connectivity index (χ4n) is 2.71. The van der Waals surface area contributed by atoms with E-state index in [0.717, 1.165) is 31.2 Å². The van der Waals surface area contributed by atoms with Crippen LogP contribution in [-0.2, 0) is 6.54 Å². The van der Waals surface area contributed by atoms with Gasteiger partial charge in [-0.1, -0.05) is 32.6 Å². The molecule has 0 aromatic carbocycles. The van der Waals surface area contributed by atoms with Crippen LogP contribution in [0, 0.1) is 13.8 Å². The van der Waals surface area contributed by atoms with Gasteiger partial charge in [-0.05, 0) is 39.7 Å². The lowest BCUT2D eigenvalue weighted by Gasteiger charge is -2.18. The third-order valence-electron chi connectivity index (χ3n) is 4.04. The van der Waals surface area contributed by atoms with E-state index in [0.29, 0.717) is 6.04 Å². The van der Waals surface area contributed by atoms with Crippen molar-refractivity contribution in [1.82, 2.24) is 20.4 Å². The van der Waals surface area contributed by atoms with Crippen molar-refractivity contribution in [3.63, 3.8) is 0 Å². The highest BCUT2D eigenvalue weighted by molar-refractivity contribution is 5.79. The molecule has 1 heterocycles. The van der Waals surface area contributed by atoms with Crippen molar-refractivity contribution in [2.75, 3.05) is 13.6 Å². The van der Waals surface area contributed by atoms with Crippen molar-refractivity contribution in [2.45, 2.75) is 78.8 Å². The Balaban J connectivity index is 2.19. The van der Waals surface area contributed by atoms with Crippen LogP contribution in [0.15, 0.2) is 11.1 Å². The molecular formula is C18H35N5. The molecule has 0 saturated heterocycles. The number of aryl methyl sites for hydroxylation is 3. The minimum atomic E-state index is 0.467. The molecule has 0 radical (unpaired) electrons. The van der Waals surface area contributed by atoms with Gasteiger partial charge < -0.3 is 10.6 Å². The summed E-state index contributed by atoms with van der Waals surface area (Å²) in [6.07, 6.45) is 7.49. The van der Waals surface area contributed by atoms with Gasteiger partial charge in [0.2, 0.25) is 0 Å². The summed E-state index contributed by atoms with van der Waals surface area (Å²) in [4.78, 5) is 4.31. The predicted molar refractivity (Wildman–Crippen MR) is 99.0 cm³/mol. The van der Waals surface area contributed by atoms with Gasteiger partial charge in [-0.3, -0.25) is 9.67 Å². The molecule has 5 nitrogen and oxygen atoms in total. The molecule has 5 heteroatoms. The quantitative estimate of drug-likeness (QED) is 0.394. The minimum absolute atomic E-state index is 0.467. The molecule has 23 heavy (non-hydrogen) atoms. The smallest absolute Gasteiger partial charge is 0.191 e. The molecule has 0 saturated carbocycles. The molecule has 0 aliphatic heterocycles. The number of unbranched alkanes of at least 4 members (excludes halogenated alkanes) is 3. The molecule has 0 amide bonds. The van der Waals surface area contributed by atoms with Gasteiger partial charge in [-0.15, -0.1) is 0 Å². The van der Waals surface area contributed by atoms with Crippen LogP contribution in [0.4, 0.5) is 0 Å². The largest absolute Gasteiger partial charge is 0.356 e. The highest BCUT2D eigenvalue weighted by atomic mass is 15.3. The summed E-state index contributed by atoms with van der Waals surface area (Å²) >= 11 is 0. The lowest BCUT2D eigenvalue weighted by molar-refractivity contribution is 0.529. The first-order chi connectivity index (χ1) is 11.1. The van der Waals surface area contributed by atoms with Crippen molar-refractivity contribution in [1.29, 1.82) is 0 Å². The van der Waals surface area contributed by atoms with Gasteiger partial charge in [-0.25, -0.2) is 0 Å². The van der Waals surface area contributed by atoms with E-state index in [1.807, 2.05) is 14.0 Å². The van der Waals surface area contributed by atoms with Crippen molar-refractivity contribution >= 4 is 5.96 Å². The molecule has 1 atom stereocenters. The summed E-state index contributed by atoms with van der Waals surface area (Å²) < 4.78 is 2.07. The Labute approximate surface area is 142 Å². The number of aromatic nitrogens is 2. The van der Waals surface area contributed by atoms with Crippen LogP contribution in [0.1, 0.15) is 63.8 Å². The number of nitrogens with one attached hydrogen (secondary N) is 2. The zero-order valence-electron chi connectivity index (χ0n) is 15.7. The van der Waals surface area contributed by atoms with E-state index >= 15 is 0 Å². The first-order valence-corrected chi connectivity index (χ1v) is 9.05. The number of guanidine groups is 1. The number of hydrogen-bond donors (Lipinski definition) is 2. The van der Waals surface area contributed by atoms with Gasteiger partial charge in [0, 0.05) is 31.9 Å². The first kappa shape index (κ1) is 19.5. The lowest BCUT2D eigenvalue weighted by Crippen LogP contribution is -2.42. The molecule has 1 rings (SSSR count). The summed E-state index contributed by atoms with van der Waals surface area (Å²) in [5.41, 5.74) is 2.32. The maximum atomic E-state index is 4.49. The van der Waals surface area contributed by atoms with E-state index in [4.69, 9.17) is 0 Å². The summed E-state index contributed by atoms with van der Waals surface area (Å²) in [5, 5.41) is 11.4. The van der Waals surface area contributed by atoms with Crippen LogP contribution in [-0.4, -0.2) is 35.4 Å². The number of aliphatic imine (C=N–C) groups is 1. The molecule has 2 N–H and O–H groups in total. The minimum Gasteiger partial charge on any atom is -0.356 e. The lowest BCUT2D eigenvalue weighted by atomic mass is 10.1. The van der Waals surface area contributed by atoms with Gasteiger partial charge in [0.25, 0.3) is 0 Å². The fourth-order valence-corrected chi connectivity index (χ4v) is 2.71. The van der Waals surface area contributed by atoms with E-state index in [-0.39, 0.29) is 0 Å². The van der Waals surface area contributed by atoms with E-state index in [2.05, 4.69) is 52.2 Å². The molecule has 1 aromatic heterocycles. The van der Waals surface area contributed by atoms with Crippen LogP contribution in [0.25, 0.3) is 0 Å². The van der Waals surface area contributed by atoms with Crippen LogP contribution < -0.4 is 10.6 Å². The Morgan fingerprint density at radius 3 is 2.65 bits per heavy atom. The zero-order valence-corrected chi connectivity index (χ0v) is 15.7. The van der Waals surface area contributed by atoms with Gasteiger partial charge in [0.1, 0.15) is 0 Å². The molecular weight excluding hydrogens is 286 g/mol. The van der Waals surface area contributed by atoms with Crippen LogP contribution in [0.3, 0.4) is 0 Å². The van der Waals surface area contributed by atoms with Crippen molar-refractivity contribution in [3.05, 3.63) is 17.5 Å². The maximum Gasteiger partial charge on any atom is 0.191 e. The highest BCUT2D eigenvalue weighted by Crippen LogP contribution is 2.05. The Hall–Kier alpha value is -1.52. The van der Waals surface area contributed by atoms with Crippen LogP contribution >= 0.6 is 0 Å². The normalized spacial score (nSPS) is 13.2. The fraction of sp³-hybridized carbons (Fsp3) is 0.778. The summed E-state index contributed by atoms with van der Waals surface area (Å²) in [5.74, 6) is 0.904. The maximum absolute atomic E-state index is 4.49. The second-order valence-electron chi connectivity index (χ2n) is 6.40. The molecule has 0 fully saturated rings. The molecule has 1 unspecified atom stereocenters. The summed E-state index contributed by atoms with van der Waals surface area (Å²) in [6, 6.07) is 2.59. The van der Waals surface area contributed by atoms with Crippen LogP contribution in [0.2, 0.25) is 0 Å². The number of hydrogen-bond acceptors (Lipinski definition) is 2. The molecule has 132 valence electrons. The summed E-state index contributed by atoms with van der Waals surface area (Å²) in [7, 11) is 1.83. The van der Waals surface area contributed by atoms with Crippen molar-refractivity contribution in [3.8, 4) is 0 Å². The number of rotatable bonds is 10. The van der Waals surface area contributed by atoms with Gasteiger partial charge in [-0.2, -0.15) is 5.10 Å². The predicted octanol–water partition coefficient (Wildman–Crippen LogP) is 3.41. The molecule has 0 bridgehead atoms. The standard InChI is InChI=1S/C18H35N5/c1-6-7-8-9-11-15(2)21-18(19-5)20-12-10-13-23-17(4)14-16(3)22-23/h14-15H,6-13H2,1-5H3,(H2,19,20,21). The third-order valence-corrected chi connectivity index (χ3v) is 4.04. The van der Waals surface area contributed by atoms with E-state index in [1.165, 1.54) is 37.8 Å². The van der Waals surface area contributed by atoms with Crippen LogP contribution in [0.5, 0.6) is 0 Å². The average molecular weight is 322 g/mol. The Kier molecular flexibility index (Phi) is 9.41. The van der Waals surface area contributed by atoms with Gasteiger partial charge >= 0.3 is 0 Å². The molecule has 1 aromatic rings. The second kappa shape index (κ2) is 11.1. The first-order valence-electron chi connectivity index (χ1n) is 9.05.